The van der Waals surface area contributed by atoms with E-state index in [9.17, 15) is 9.59 Å². The summed E-state index contributed by atoms with van der Waals surface area (Å²) in [5.41, 5.74) is 2.29. The van der Waals surface area contributed by atoms with Crippen molar-refractivity contribution in [2.24, 2.45) is 5.92 Å². The number of rotatable bonds is 2. The Morgan fingerprint density at radius 2 is 1.85 bits per heavy atom. The summed E-state index contributed by atoms with van der Waals surface area (Å²) in [6.45, 7) is 4.90. The van der Waals surface area contributed by atoms with Crippen molar-refractivity contribution in [3.63, 3.8) is 0 Å². The molecule has 1 aliphatic carbocycles. The fourth-order valence-corrected chi connectivity index (χ4v) is 5.47. The van der Waals surface area contributed by atoms with Gasteiger partial charge in [0.15, 0.2) is 11.5 Å². The zero-order valence-electron chi connectivity index (χ0n) is 15.5. The van der Waals surface area contributed by atoms with E-state index in [0.29, 0.717) is 5.92 Å². The minimum absolute atomic E-state index is 0.0438. The van der Waals surface area contributed by atoms with Crippen molar-refractivity contribution in [1.29, 1.82) is 0 Å². The van der Waals surface area contributed by atoms with Crippen molar-refractivity contribution < 1.29 is 28.5 Å². The molecule has 0 unspecified atom stereocenters. The van der Waals surface area contributed by atoms with Crippen molar-refractivity contribution in [3.8, 4) is 11.5 Å². The molecule has 144 valence electrons. The van der Waals surface area contributed by atoms with Gasteiger partial charge in [-0.15, -0.1) is 0 Å². The molecule has 1 aromatic carbocycles. The molecule has 5 atom stereocenters. The van der Waals surface area contributed by atoms with Gasteiger partial charge < -0.3 is 18.9 Å². The van der Waals surface area contributed by atoms with Crippen LogP contribution in [0.3, 0.4) is 0 Å². The Balaban J connectivity index is 1.61. The Morgan fingerprint density at radius 3 is 2.59 bits per heavy atom. The molecule has 7 nitrogen and oxygen atoms in total. The number of ether oxygens (including phenoxy) is 4. The second-order valence-electron chi connectivity index (χ2n) is 7.90. The summed E-state index contributed by atoms with van der Waals surface area (Å²) in [6, 6.07) is 4.36. The van der Waals surface area contributed by atoms with Crippen LogP contribution in [0.15, 0.2) is 12.1 Å². The van der Waals surface area contributed by atoms with Crippen molar-refractivity contribution in [1.82, 2.24) is 4.90 Å². The summed E-state index contributed by atoms with van der Waals surface area (Å²) in [7, 11) is 0. The molecule has 0 N–H and O–H groups in total. The standard InChI is InChI=1S/C20H23NO6/c1-10(22)26-17-5-12-3-4-21-8-13-6-15-16(25-9-24-15)7-14(13)18(19(12)21)20(17)27-11(2)23/h6-7,12,17-20H,3-5,8-9H2,1-2H3/t12-,17-,18-,19+,20+/m0/s1. The fraction of sp³-hybridized carbons (Fsp3) is 0.600. The highest BCUT2D eigenvalue weighted by Crippen LogP contribution is 2.52. The largest absolute Gasteiger partial charge is 0.459 e. The van der Waals surface area contributed by atoms with Crippen LogP contribution in [-0.4, -0.2) is 48.4 Å². The molecule has 1 saturated carbocycles. The molecule has 0 amide bonds. The van der Waals surface area contributed by atoms with Crippen LogP contribution in [0.25, 0.3) is 0 Å². The maximum absolute atomic E-state index is 11.9. The predicted molar refractivity (Wildman–Crippen MR) is 93.3 cm³/mol. The van der Waals surface area contributed by atoms with Crippen LogP contribution in [-0.2, 0) is 25.6 Å². The Bertz CT molecular complexity index is 808. The Labute approximate surface area is 157 Å². The molecule has 0 aromatic heterocycles. The SMILES string of the molecule is CC(=O)O[C@H]1[C@H]2c3cc4c(cc3CN3CC[C@@H](C[C@@H]1OC(C)=O)[C@H]23)OCO4. The number of carbonyl (C=O) groups is 2. The summed E-state index contributed by atoms with van der Waals surface area (Å²) in [5.74, 6) is 1.18. The molecule has 3 heterocycles. The first-order chi connectivity index (χ1) is 13.0. The van der Waals surface area contributed by atoms with Gasteiger partial charge in [0.25, 0.3) is 0 Å². The van der Waals surface area contributed by atoms with Crippen LogP contribution in [0.5, 0.6) is 11.5 Å². The van der Waals surface area contributed by atoms with E-state index in [0.717, 1.165) is 43.0 Å². The Hall–Kier alpha value is -2.28. The Kier molecular flexibility index (Phi) is 3.82. The van der Waals surface area contributed by atoms with Gasteiger partial charge in [-0.25, -0.2) is 0 Å². The lowest BCUT2D eigenvalue weighted by atomic mass is 9.68. The molecular formula is C20H23NO6. The second kappa shape index (κ2) is 6.12. The highest BCUT2D eigenvalue weighted by Gasteiger charge is 2.55. The van der Waals surface area contributed by atoms with Crippen molar-refractivity contribution >= 4 is 11.9 Å². The van der Waals surface area contributed by atoms with Gasteiger partial charge in [0.1, 0.15) is 12.2 Å². The maximum Gasteiger partial charge on any atom is 0.303 e. The van der Waals surface area contributed by atoms with Gasteiger partial charge in [-0.1, -0.05) is 0 Å². The molecule has 3 aliphatic heterocycles. The molecule has 7 heteroatoms. The van der Waals surface area contributed by atoms with Crippen LogP contribution in [0, 0.1) is 5.92 Å². The fourth-order valence-electron chi connectivity index (χ4n) is 5.47. The molecule has 27 heavy (non-hydrogen) atoms. The topological polar surface area (TPSA) is 74.3 Å². The van der Waals surface area contributed by atoms with E-state index in [1.54, 1.807) is 0 Å². The van der Waals surface area contributed by atoms with Gasteiger partial charge in [0.05, 0.1) is 0 Å². The van der Waals surface area contributed by atoms with Crippen LogP contribution in [0.4, 0.5) is 0 Å². The van der Waals surface area contributed by atoms with Crippen LogP contribution in [0.1, 0.15) is 43.7 Å². The van der Waals surface area contributed by atoms with Gasteiger partial charge in [-0.2, -0.15) is 0 Å². The van der Waals surface area contributed by atoms with Gasteiger partial charge in [0, 0.05) is 32.4 Å². The summed E-state index contributed by atoms with van der Waals surface area (Å²) >= 11 is 0. The van der Waals surface area contributed by atoms with E-state index in [-0.39, 0.29) is 30.7 Å². The summed E-state index contributed by atoms with van der Waals surface area (Å²) in [4.78, 5) is 26.0. The molecule has 4 aliphatic rings. The number of hydrogen-bond donors (Lipinski definition) is 0. The number of esters is 2. The van der Waals surface area contributed by atoms with Crippen molar-refractivity contribution in [2.45, 2.75) is 57.4 Å². The van der Waals surface area contributed by atoms with Crippen LogP contribution < -0.4 is 9.47 Å². The summed E-state index contributed by atoms with van der Waals surface area (Å²) in [6.07, 6.45) is 0.878. The molecule has 1 aromatic rings. The van der Waals surface area contributed by atoms with E-state index in [1.807, 2.05) is 12.1 Å². The third-order valence-corrected chi connectivity index (χ3v) is 6.30. The third kappa shape index (κ3) is 2.67. The number of benzene rings is 1. The lowest BCUT2D eigenvalue weighted by molar-refractivity contribution is -0.176. The minimum Gasteiger partial charge on any atom is -0.459 e. The van der Waals surface area contributed by atoms with Crippen molar-refractivity contribution in [3.05, 3.63) is 23.3 Å². The van der Waals surface area contributed by atoms with Gasteiger partial charge in [-0.05, 0) is 48.6 Å². The summed E-state index contributed by atoms with van der Waals surface area (Å²) in [5, 5.41) is 0. The first kappa shape index (κ1) is 16.9. The van der Waals surface area contributed by atoms with Gasteiger partial charge in [-0.3, -0.25) is 14.5 Å². The molecule has 0 bridgehead atoms. The van der Waals surface area contributed by atoms with Crippen molar-refractivity contribution in [2.75, 3.05) is 13.3 Å². The minimum atomic E-state index is -0.493. The van der Waals surface area contributed by atoms with E-state index >= 15 is 0 Å². The molecule has 0 spiro atoms. The molecular weight excluding hydrogens is 350 g/mol. The van der Waals surface area contributed by atoms with Gasteiger partial charge >= 0.3 is 11.9 Å². The quantitative estimate of drug-likeness (QED) is 0.734. The Morgan fingerprint density at radius 1 is 1.11 bits per heavy atom. The molecule has 1 saturated heterocycles. The predicted octanol–water partition coefficient (Wildman–Crippen LogP) is 1.97. The number of fused-ring (bicyclic) bond motifs is 3. The first-order valence-corrected chi connectivity index (χ1v) is 9.52. The monoisotopic (exact) mass is 373 g/mol. The molecule has 5 rings (SSSR count). The lowest BCUT2D eigenvalue weighted by Gasteiger charge is -2.49. The van der Waals surface area contributed by atoms with E-state index in [2.05, 4.69) is 4.90 Å². The van der Waals surface area contributed by atoms with E-state index in [1.165, 1.54) is 19.4 Å². The van der Waals surface area contributed by atoms with Crippen LogP contribution in [0.2, 0.25) is 0 Å². The number of nitrogens with zero attached hydrogens (tertiary/aromatic N) is 1. The highest BCUT2D eigenvalue weighted by atomic mass is 16.7. The smallest absolute Gasteiger partial charge is 0.303 e. The molecule has 2 fully saturated rings. The maximum atomic E-state index is 11.9. The van der Waals surface area contributed by atoms with E-state index in [4.69, 9.17) is 18.9 Å². The zero-order valence-corrected chi connectivity index (χ0v) is 15.5. The van der Waals surface area contributed by atoms with E-state index < -0.39 is 12.2 Å². The van der Waals surface area contributed by atoms with Gasteiger partial charge in [0.2, 0.25) is 6.79 Å². The lowest BCUT2D eigenvalue weighted by Crippen LogP contribution is -2.55. The zero-order chi connectivity index (χ0) is 18.7. The van der Waals surface area contributed by atoms with Crippen LogP contribution >= 0.6 is 0 Å². The average molecular weight is 373 g/mol. The second-order valence-corrected chi connectivity index (χ2v) is 7.90. The highest BCUT2D eigenvalue weighted by molar-refractivity contribution is 5.68. The summed E-state index contributed by atoms with van der Waals surface area (Å²) < 4.78 is 22.5. The first-order valence-electron chi connectivity index (χ1n) is 9.52. The molecule has 0 radical (unpaired) electrons. The average Bonchev–Trinajstić information content (AvgIpc) is 3.21. The third-order valence-electron chi connectivity index (χ3n) is 6.30. The number of carbonyl (C=O) groups excluding carboxylic acids is 2. The normalized spacial score (nSPS) is 33.2. The number of hydrogen-bond acceptors (Lipinski definition) is 7.